The van der Waals surface area contributed by atoms with Crippen LogP contribution in [0.1, 0.15) is 23.0 Å². The third-order valence-corrected chi connectivity index (χ3v) is 4.16. The average Bonchev–Trinajstić information content (AvgIpc) is 2.95. The number of rotatable bonds is 5. The molecule has 0 spiro atoms. The molecule has 1 saturated heterocycles. The summed E-state index contributed by atoms with van der Waals surface area (Å²) in [5, 5.41) is 4.16. The Morgan fingerprint density at radius 2 is 2.18 bits per heavy atom. The van der Waals surface area contributed by atoms with E-state index in [4.69, 9.17) is 0 Å². The van der Waals surface area contributed by atoms with Crippen LogP contribution in [0.15, 0.2) is 36.8 Å². The maximum Gasteiger partial charge on any atom is 0.272 e. The van der Waals surface area contributed by atoms with Crippen molar-refractivity contribution in [1.29, 1.82) is 0 Å². The predicted molar refractivity (Wildman–Crippen MR) is 83.3 cm³/mol. The standard InChI is InChI=1S/C16H21N5O/c1-3-21-15(6-8-18-21)16(22)20-11-14(12-20)19(2)10-13-5-4-7-17-9-13/h4-9,14H,3,10-12H2,1-2H3. The Hall–Kier alpha value is -2.21. The highest BCUT2D eigenvalue weighted by molar-refractivity contribution is 5.93. The summed E-state index contributed by atoms with van der Waals surface area (Å²) < 4.78 is 1.75. The third-order valence-electron chi connectivity index (χ3n) is 4.16. The number of amides is 1. The number of likely N-dealkylation sites (N-methyl/N-ethyl adjacent to an activating group) is 1. The minimum absolute atomic E-state index is 0.0744. The van der Waals surface area contributed by atoms with Gasteiger partial charge in [0.05, 0.1) is 0 Å². The fourth-order valence-corrected chi connectivity index (χ4v) is 2.74. The van der Waals surface area contributed by atoms with Crippen molar-refractivity contribution < 1.29 is 4.79 Å². The first kappa shape index (κ1) is 14.7. The van der Waals surface area contributed by atoms with Gasteiger partial charge >= 0.3 is 0 Å². The second-order valence-corrected chi connectivity index (χ2v) is 5.67. The first-order chi connectivity index (χ1) is 10.7. The molecule has 2 aromatic rings. The summed E-state index contributed by atoms with van der Waals surface area (Å²) in [5.74, 6) is 0.0744. The predicted octanol–water partition coefficient (Wildman–Crippen LogP) is 1.25. The van der Waals surface area contributed by atoms with Crippen molar-refractivity contribution in [2.45, 2.75) is 26.1 Å². The van der Waals surface area contributed by atoms with E-state index < -0.39 is 0 Å². The molecule has 0 saturated carbocycles. The molecule has 3 heterocycles. The van der Waals surface area contributed by atoms with Crippen LogP contribution in [0, 0.1) is 0 Å². The van der Waals surface area contributed by atoms with Crippen LogP contribution in [0.3, 0.4) is 0 Å². The summed E-state index contributed by atoms with van der Waals surface area (Å²) in [5.41, 5.74) is 1.87. The van der Waals surface area contributed by atoms with Crippen LogP contribution in [-0.4, -0.2) is 56.7 Å². The molecular weight excluding hydrogens is 278 g/mol. The molecule has 1 aliphatic rings. The van der Waals surface area contributed by atoms with Gasteiger partial charge < -0.3 is 4.90 Å². The minimum Gasteiger partial charge on any atom is -0.334 e. The van der Waals surface area contributed by atoms with Gasteiger partial charge in [0, 0.05) is 50.8 Å². The highest BCUT2D eigenvalue weighted by Gasteiger charge is 2.34. The minimum atomic E-state index is 0.0744. The Morgan fingerprint density at radius 3 is 2.86 bits per heavy atom. The van der Waals surface area contributed by atoms with Crippen LogP contribution in [-0.2, 0) is 13.1 Å². The summed E-state index contributed by atoms with van der Waals surface area (Å²) in [6.07, 6.45) is 5.35. The van der Waals surface area contributed by atoms with E-state index in [1.807, 2.05) is 24.1 Å². The van der Waals surface area contributed by atoms with Crippen molar-refractivity contribution in [1.82, 2.24) is 24.6 Å². The van der Waals surface area contributed by atoms with Gasteiger partial charge in [-0.25, -0.2) is 0 Å². The quantitative estimate of drug-likeness (QED) is 0.834. The molecule has 0 aromatic carbocycles. The summed E-state index contributed by atoms with van der Waals surface area (Å²) in [4.78, 5) is 20.7. The number of aromatic nitrogens is 3. The summed E-state index contributed by atoms with van der Waals surface area (Å²) in [7, 11) is 2.09. The largest absolute Gasteiger partial charge is 0.334 e. The number of pyridine rings is 1. The van der Waals surface area contributed by atoms with Crippen molar-refractivity contribution in [2.24, 2.45) is 0 Å². The molecule has 0 aliphatic carbocycles. The van der Waals surface area contributed by atoms with Crippen LogP contribution in [0.4, 0.5) is 0 Å². The number of hydrogen-bond acceptors (Lipinski definition) is 4. The van der Waals surface area contributed by atoms with Crippen molar-refractivity contribution in [3.8, 4) is 0 Å². The van der Waals surface area contributed by atoms with Crippen LogP contribution in [0.2, 0.25) is 0 Å². The monoisotopic (exact) mass is 299 g/mol. The molecule has 0 unspecified atom stereocenters. The van der Waals surface area contributed by atoms with Crippen LogP contribution in [0.5, 0.6) is 0 Å². The molecule has 22 heavy (non-hydrogen) atoms. The molecule has 0 N–H and O–H groups in total. The number of nitrogens with zero attached hydrogens (tertiary/aromatic N) is 5. The summed E-state index contributed by atoms with van der Waals surface area (Å²) in [6, 6.07) is 6.22. The highest BCUT2D eigenvalue weighted by atomic mass is 16.2. The smallest absolute Gasteiger partial charge is 0.272 e. The van der Waals surface area contributed by atoms with Crippen molar-refractivity contribution in [2.75, 3.05) is 20.1 Å². The number of aryl methyl sites for hydroxylation is 1. The molecule has 1 fully saturated rings. The van der Waals surface area contributed by atoms with Crippen molar-refractivity contribution in [3.05, 3.63) is 48.0 Å². The van der Waals surface area contributed by atoms with Gasteiger partial charge in [0.25, 0.3) is 5.91 Å². The molecule has 2 aromatic heterocycles. The van der Waals surface area contributed by atoms with Gasteiger partial charge in [-0.3, -0.25) is 19.4 Å². The lowest BCUT2D eigenvalue weighted by molar-refractivity contribution is 0.0310. The summed E-state index contributed by atoms with van der Waals surface area (Å²) >= 11 is 0. The van der Waals surface area contributed by atoms with Crippen molar-refractivity contribution >= 4 is 5.91 Å². The zero-order chi connectivity index (χ0) is 15.5. The lowest BCUT2D eigenvalue weighted by Gasteiger charge is -2.44. The van der Waals surface area contributed by atoms with E-state index in [2.05, 4.69) is 28.1 Å². The molecule has 1 amide bonds. The molecular formula is C16H21N5O. The fraction of sp³-hybridized carbons (Fsp3) is 0.438. The Labute approximate surface area is 130 Å². The Bertz CT molecular complexity index is 633. The topological polar surface area (TPSA) is 54.3 Å². The van der Waals surface area contributed by atoms with Gasteiger partial charge in [-0.1, -0.05) is 6.07 Å². The molecule has 6 heteroatoms. The SMILES string of the molecule is CCn1nccc1C(=O)N1CC(N(C)Cc2cccnc2)C1. The van der Waals surface area contributed by atoms with Crippen LogP contribution >= 0.6 is 0 Å². The first-order valence-electron chi connectivity index (χ1n) is 7.59. The van der Waals surface area contributed by atoms with Crippen LogP contribution < -0.4 is 0 Å². The van der Waals surface area contributed by atoms with E-state index in [-0.39, 0.29) is 5.91 Å². The van der Waals surface area contributed by atoms with E-state index in [1.165, 1.54) is 5.56 Å². The van der Waals surface area contributed by atoms with Gasteiger partial charge in [0.15, 0.2) is 0 Å². The number of hydrogen-bond donors (Lipinski definition) is 0. The van der Waals surface area contributed by atoms with Gasteiger partial charge in [0.1, 0.15) is 5.69 Å². The zero-order valence-electron chi connectivity index (χ0n) is 13.0. The normalized spacial score (nSPS) is 15.1. The van der Waals surface area contributed by atoms with E-state index in [1.54, 1.807) is 23.1 Å². The molecule has 0 atom stereocenters. The maximum atomic E-state index is 12.4. The average molecular weight is 299 g/mol. The lowest BCUT2D eigenvalue weighted by Crippen LogP contribution is -2.60. The molecule has 0 bridgehead atoms. The number of carbonyl (C=O) groups is 1. The molecule has 3 rings (SSSR count). The summed E-state index contributed by atoms with van der Waals surface area (Å²) in [6.45, 7) is 5.10. The third kappa shape index (κ3) is 2.87. The van der Waals surface area contributed by atoms with E-state index in [0.717, 1.165) is 19.6 Å². The zero-order valence-corrected chi connectivity index (χ0v) is 13.0. The van der Waals surface area contributed by atoms with Crippen LogP contribution in [0.25, 0.3) is 0 Å². The number of carbonyl (C=O) groups excluding carboxylic acids is 1. The Balaban J connectivity index is 1.54. The highest BCUT2D eigenvalue weighted by Crippen LogP contribution is 2.18. The molecule has 6 nitrogen and oxygen atoms in total. The fourth-order valence-electron chi connectivity index (χ4n) is 2.74. The Morgan fingerprint density at radius 1 is 1.36 bits per heavy atom. The van der Waals surface area contributed by atoms with Gasteiger partial charge in [0.2, 0.25) is 0 Å². The second kappa shape index (κ2) is 6.27. The second-order valence-electron chi connectivity index (χ2n) is 5.67. The maximum absolute atomic E-state index is 12.4. The van der Waals surface area contributed by atoms with E-state index >= 15 is 0 Å². The first-order valence-corrected chi connectivity index (χ1v) is 7.59. The van der Waals surface area contributed by atoms with Crippen molar-refractivity contribution in [3.63, 3.8) is 0 Å². The molecule has 116 valence electrons. The number of likely N-dealkylation sites (tertiary alicyclic amines) is 1. The van der Waals surface area contributed by atoms with E-state index in [0.29, 0.717) is 18.3 Å². The molecule has 0 radical (unpaired) electrons. The van der Waals surface area contributed by atoms with Gasteiger partial charge in [-0.15, -0.1) is 0 Å². The van der Waals surface area contributed by atoms with Gasteiger partial charge in [-0.05, 0) is 31.7 Å². The molecule has 1 aliphatic heterocycles. The van der Waals surface area contributed by atoms with Gasteiger partial charge in [-0.2, -0.15) is 5.10 Å². The Kier molecular flexibility index (Phi) is 4.20. The lowest BCUT2D eigenvalue weighted by atomic mass is 10.1. The van der Waals surface area contributed by atoms with E-state index in [9.17, 15) is 4.79 Å².